The summed E-state index contributed by atoms with van der Waals surface area (Å²) in [5, 5.41) is 9.09. The van der Waals surface area contributed by atoms with Crippen molar-refractivity contribution in [3.8, 4) is 0 Å². The molecule has 1 amide bonds. The van der Waals surface area contributed by atoms with E-state index in [0.717, 1.165) is 5.65 Å². The molecule has 4 N–H and O–H groups in total. The van der Waals surface area contributed by atoms with Gasteiger partial charge in [0.1, 0.15) is 5.65 Å². The van der Waals surface area contributed by atoms with Crippen LogP contribution in [-0.2, 0) is 4.79 Å². The number of imidazole rings is 1. The Labute approximate surface area is 116 Å². The van der Waals surface area contributed by atoms with Gasteiger partial charge in [0.2, 0.25) is 5.91 Å². The lowest BCUT2D eigenvalue weighted by Gasteiger charge is -2.10. The van der Waals surface area contributed by atoms with E-state index in [-0.39, 0.29) is 12.5 Å². The number of carbonyl (C=O) groups excluding carboxylic acids is 1. The lowest BCUT2D eigenvalue weighted by Crippen LogP contribution is -2.35. The van der Waals surface area contributed by atoms with Crippen molar-refractivity contribution >= 4 is 11.6 Å². The number of nitrogens with zero attached hydrogens (tertiary/aromatic N) is 2. The number of amides is 1. The van der Waals surface area contributed by atoms with Crippen molar-refractivity contribution in [3.63, 3.8) is 0 Å². The number of hydrazine groups is 1. The van der Waals surface area contributed by atoms with Crippen LogP contribution in [0.4, 0.5) is 0 Å². The lowest BCUT2D eigenvalue weighted by atomic mass is 10.0. The molecule has 1 fully saturated rings. The number of carbonyl (C=O) groups is 1. The molecule has 0 saturated heterocycles. The van der Waals surface area contributed by atoms with Gasteiger partial charge in [-0.3, -0.25) is 10.2 Å². The van der Waals surface area contributed by atoms with E-state index >= 15 is 0 Å². The monoisotopic (exact) mass is 274 g/mol. The molecule has 106 valence electrons. The molecule has 0 aliphatic heterocycles. The third kappa shape index (κ3) is 2.39. The van der Waals surface area contributed by atoms with Gasteiger partial charge in [-0.1, -0.05) is 6.07 Å². The van der Waals surface area contributed by atoms with Gasteiger partial charge in [-0.2, -0.15) is 0 Å². The maximum atomic E-state index is 11.8. The van der Waals surface area contributed by atoms with Crippen molar-refractivity contribution in [2.45, 2.75) is 31.1 Å². The summed E-state index contributed by atoms with van der Waals surface area (Å²) in [5.41, 5.74) is 4.88. The largest absolute Gasteiger partial charge is 0.396 e. The molecule has 2 aromatic heterocycles. The summed E-state index contributed by atoms with van der Waals surface area (Å²) in [4.78, 5) is 16.2. The average Bonchev–Trinajstić information content (AvgIpc) is 3.23. The minimum Gasteiger partial charge on any atom is -0.396 e. The molecule has 0 spiro atoms. The van der Waals surface area contributed by atoms with Crippen LogP contribution in [0.3, 0.4) is 0 Å². The highest BCUT2D eigenvalue weighted by molar-refractivity contribution is 5.82. The quantitative estimate of drug-likeness (QED) is 0.424. The predicted molar refractivity (Wildman–Crippen MR) is 73.9 cm³/mol. The second kappa shape index (κ2) is 5.22. The van der Waals surface area contributed by atoms with Crippen molar-refractivity contribution in [1.82, 2.24) is 14.8 Å². The Morgan fingerprint density at radius 3 is 2.95 bits per heavy atom. The first-order valence-corrected chi connectivity index (χ1v) is 6.83. The molecule has 6 nitrogen and oxygen atoms in total. The number of aliphatic hydroxyl groups excluding tert-OH is 1. The van der Waals surface area contributed by atoms with Crippen LogP contribution in [0.25, 0.3) is 5.65 Å². The molecular weight excluding hydrogens is 256 g/mol. The third-order valence-corrected chi connectivity index (χ3v) is 3.77. The number of fused-ring (bicyclic) bond motifs is 1. The van der Waals surface area contributed by atoms with Crippen LogP contribution in [0.5, 0.6) is 0 Å². The van der Waals surface area contributed by atoms with Crippen LogP contribution in [0.15, 0.2) is 24.5 Å². The molecule has 3 rings (SSSR count). The molecular formula is C14H18N4O2. The number of nitrogens with one attached hydrogen (secondary N) is 1. The second-order valence-corrected chi connectivity index (χ2v) is 5.24. The topological polar surface area (TPSA) is 92.6 Å². The van der Waals surface area contributed by atoms with E-state index in [9.17, 15) is 4.79 Å². The van der Waals surface area contributed by atoms with Gasteiger partial charge in [0, 0.05) is 19.0 Å². The van der Waals surface area contributed by atoms with Crippen molar-refractivity contribution in [1.29, 1.82) is 0 Å². The van der Waals surface area contributed by atoms with E-state index in [2.05, 4.69) is 22.7 Å². The summed E-state index contributed by atoms with van der Waals surface area (Å²) < 4.78 is 1.94. The fraction of sp³-hybridized carbons (Fsp3) is 0.429. The molecule has 0 bridgehead atoms. The van der Waals surface area contributed by atoms with Crippen molar-refractivity contribution < 1.29 is 9.90 Å². The maximum Gasteiger partial charge on any atom is 0.243 e. The van der Waals surface area contributed by atoms with Crippen molar-refractivity contribution in [2.75, 3.05) is 6.61 Å². The Balaban J connectivity index is 1.95. The highest BCUT2D eigenvalue weighted by Crippen LogP contribution is 2.40. The molecule has 20 heavy (non-hydrogen) atoms. The molecule has 0 aromatic carbocycles. The van der Waals surface area contributed by atoms with Gasteiger partial charge in [-0.15, -0.1) is 0 Å². The first kappa shape index (κ1) is 13.1. The minimum absolute atomic E-state index is 0.0840. The fourth-order valence-corrected chi connectivity index (χ4v) is 2.50. The first-order valence-electron chi connectivity index (χ1n) is 6.83. The van der Waals surface area contributed by atoms with E-state index in [0.29, 0.717) is 18.0 Å². The van der Waals surface area contributed by atoms with E-state index in [4.69, 9.17) is 10.9 Å². The zero-order valence-corrected chi connectivity index (χ0v) is 11.1. The molecule has 2 heterocycles. The van der Waals surface area contributed by atoms with Crippen LogP contribution in [0, 0.1) is 0 Å². The maximum absolute atomic E-state index is 11.8. The van der Waals surface area contributed by atoms with Crippen molar-refractivity contribution in [2.24, 2.45) is 5.84 Å². The summed E-state index contributed by atoms with van der Waals surface area (Å²) in [6, 6.07) is 4.06. The van der Waals surface area contributed by atoms with Gasteiger partial charge in [-0.05, 0) is 36.8 Å². The molecule has 0 radical (unpaired) electrons. The van der Waals surface area contributed by atoms with Gasteiger partial charge in [0.15, 0.2) is 0 Å². The van der Waals surface area contributed by atoms with Gasteiger partial charge in [0.05, 0.1) is 11.6 Å². The predicted octanol–water partition coefficient (Wildman–Crippen LogP) is 0.668. The van der Waals surface area contributed by atoms with E-state index in [1.807, 2.05) is 16.7 Å². The second-order valence-electron chi connectivity index (χ2n) is 5.24. The molecule has 2 aromatic rings. The van der Waals surface area contributed by atoms with Crippen LogP contribution >= 0.6 is 0 Å². The van der Waals surface area contributed by atoms with Gasteiger partial charge < -0.3 is 9.51 Å². The number of hydrogen-bond acceptors (Lipinski definition) is 4. The van der Waals surface area contributed by atoms with E-state index in [1.54, 1.807) is 0 Å². The smallest absolute Gasteiger partial charge is 0.243 e. The van der Waals surface area contributed by atoms with Gasteiger partial charge >= 0.3 is 0 Å². The number of aliphatic hydroxyl groups is 1. The molecule has 1 unspecified atom stereocenters. The van der Waals surface area contributed by atoms with Crippen LogP contribution < -0.4 is 11.3 Å². The first-order chi connectivity index (χ1) is 9.72. The number of aromatic nitrogens is 2. The Hall–Kier alpha value is -1.92. The Bertz CT molecular complexity index is 633. The highest BCUT2D eigenvalue weighted by atomic mass is 16.3. The van der Waals surface area contributed by atoms with Crippen LogP contribution in [-0.4, -0.2) is 27.0 Å². The number of nitrogens with two attached hydrogens (primary N) is 1. The van der Waals surface area contributed by atoms with Crippen LogP contribution in [0.1, 0.15) is 42.4 Å². The number of hydrogen-bond donors (Lipinski definition) is 3. The number of rotatable bonds is 5. The third-order valence-electron chi connectivity index (χ3n) is 3.77. The van der Waals surface area contributed by atoms with Crippen LogP contribution in [0.2, 0.25) is 0 Å². The summed E-state index contributed by atoms with van der Waals surface area (Å²) in [7, 11) is 0. The summed E-state index contributed by atoms with van der Waals surface area (Å²) >= 11 is 0. The molecule has 1 saturated carbocycles. The van der Waals surface area contributed by atoms with E-state index < -0.39 is 5.92 Å². The van der Waals surface area contributed by atoms with Gasteiger partial charge in [-0.25, -0.2) is 10.8 Å². The molecule has 1 aliphatic rings. The molecule has 6 heteroatoms. The summed E-state index contributed by atoms with van der Waals surface area (Å²) in [6.45, 7) is -0.0840. The SMILES string of the molecule is NNC(=O)C(CCO)c1cn2cc(C3CC3)ccc2n1. The summed E-state index contributed by atoms with van der Waals surface area (Å²) in [6.07, 6.45) is 6.71. The Kier molecular flexibility index (Phi) is 3.42. The Morgan fingerprint density at radius 1 is 1.50 bits per heavy atom. The Morgan fingerprint density at radius 2 is 2.30 bits per heavy atom. The molecule has 1 aliphatic carbocycles. The normalized spacial score (nSPS) is 16.3. The number of pyridine rings is 1. The highest BCUT2D eigenvalue weighted by Gasteiger charge is 2.25. The standard InChI is InChI=1S/C14H18N4O2/c15-17-14(20)11(5-6-19)12-8-18-7-10(9-1-2-9)3-4-13(18)16-12/h3-4,7-9,11,19H,1-2,5-6,15H2,(H,17,20). The van der Waals surface area contributed by atoms with Crippen molar-refractivity contribution in [3.05, 3.63) is 35.8 Å². The zero-order chi connectivity index (χ0) is 14.1. The minimum atomic E-state index is -0.519. The summed E-state index contributed by atoms with van der Waals surface area (Å²) in [5.74, 6) is 5.02. The molecule has 1 atom stereocenters. The fourth-order valence-electron chi connectivity index (χ4n) is 2.50. The van der Waals surface area contributed by atoms with E-state index in [1.165, 1.54) is 18.4 Å². The van der Waals surface area contributed by atoms with Gasteiger partial charge in [0.25, 0.3) is 0 Å². The average molecular weight is 274 g/mol. The lowest BCUT2D eigenvalue weighted by molar-refractivity contribution is -0.123. The zero-order valence-electron chi connectivity index (χ0n) is 11.1.